The van der Waals surface area contributed by atoms with Gasteiger partial charge in [0.1, 0.15) is 12.7 Å². The van der Waals surface area contributed by atoms with E-state index in [-0.39, 0.29) is 19.5 Å². The molecule has 0 radical (unpaired) electrons. The topological polar surface area (TPSA) is 106 Å². The molecule has 0 unspecified atom stereocenters. The van der Waals surface area contributed by atoms with Crippen molar-refractivity contribution in [3.63, 3.8) is 0 Å². The number of halogens is 4. The Morgan fingerprint density at radius 3 is 2.47 bits per heavy atom. The number of alkyl halides is 3. The summed E-state index contributed by atoms with van der Waals surface area (Å²) in [6.07, 6.45) is -2.04. The predicted molar refractivity (Wildman–Crippen MR) is 109 cm³/mol. The van der Waals surface area contributed by atoms with Crippen molar-refractivity contribution < 1.29 is 26.4 Å². The fraction of sp³-hybridized carbons (Fsp3) is 0.211. The van der Waals surface area contributed by atoms with E-state index in [4.69, 9.17) is 11.6 Å². The number of carbonyl (C=O) groups is 1. The Morgan fingerprint density at radius 2 is 1.84 bits per heavy atom. The van der Waals surface area contributed by atoms with Gasteiger partial charge in [0.05, 0.1) is 21.2 Å². The van der Waals surface area contributed by atoms with Gasteiger partial charge in [-0.05, 0) is 35.9 Å². The lowest BCUT2D eigenvalue weighted by Gasteiger charge is -2.12. The van der Waals surface area contributed by atoms with Crippen LogP contribution in [0.5, 0.6) is 0 Å². The first-order chi connectivity index (χ1) is 15.1. The van der Waals surface area contributed by atoms with Gasteiger partial charge in [-0.2, -0.15) is 18.3 Å². The number of aromatic nitrogens is 3. The molecule has 1 heterocycles. The van der Waals surface area contributed by atoms with Crippen LogP contribution < -0.4 is 10.0 Å². The van der Waals surface area contributed by atoms with Crippen LogP contribution in [0.4, 0.5) is 13.2 Å². The highest BCUT2D eigenvalue weighted by atomic mass is 35.5. The number of carbonyl (C=O) groups excluding carboxylic acids is 1. The minimum Gasteiger partial charge on any atom is -0.352 e. The number of rotatable bonds is 8. The molecule has 3 aromatic rings. The molecule has 0 aliphatic rings. The summed E-state index contributed by atoms with van der Waals surface area (Å²) in [6.45, 7) is -0.0707. The Hall–Kier alpha value is -2.96. The molecule has 2 aromatic carbocycles. The molecule has 0 saturated carbocycles. The second kappa shape index (κ2) is 9.67. The van der Waals surface area contributed by atoms with E-state index in [2.05, 4.69) is 20.1 Å². The minimum atomic E-state index is -4.80. The van der Waals surface area contributed by atoms with Crippen molar-refractivity contribution in [1.29, 1.82) is 0 Å². The van der Waals surface area contributed by atoms with Gasteiger partial charge in [-0.1, -0.05) is 23.7 Å². The summed E-state index contributed by atoms with van der Waals surface area (Å²) in [4.78, 5) is 15.2. The Labute approximate surface area is 186 Å². The summed E-state index contributed by atoms with van der Waals surface area (Å²) in [6, 6.07) is 9.45. The summed E-state index contributed by atoms with van der Waals surface area (Å²) in [7, 11) is -4.25. The largest absolute Gasteiger partial charge is 0.417 e. The van der Waals surface area contributed by atoms with Crippen molar-refractivity contribution in [2.24, 2.45) is 0 Å². The molecule has 32 heavy (non-hydrogen) atoms. The molecule has 0 spiro atoms. The molecule has 2 N–H and O–H groups in total. The zero-order chi connectivity index (χ0) is 23.4. The maximum Gasteiger partial charge on any atom is 0.417 e. The lowest BCUT2D eigenvalue weighted by atomic mass is 10.2. The van der Waals surface area contributed by atoms with Crippen LogP contribution in [0.25, 0.3) is 5.69 Å². The third-order valence-corrected chi connectivity index (χ3v) is 6.10. The summed E-state index contributed by atoms with van der Waals surface area (Å²) in [5, 5.41) is 6.04. The SMILES string of the molecule is O=C(CCNS(=O)(=O)c1ccc(Cl)c(C(F)(F)F)c1)NCc1ccc(-n2cncn2)cc1. The maximum atomic E-state index is 12.9. The quantitative estimate of drug-likeness (QED) is 0.508. The molecule has 0 aliphatic carbocycles. The number of sulfonamides is 1. The monoisotopic (exact) mass is 487 g/mol. The van der Waals surface area contributed by atoms with Crippen molar-refractivity contribution in [1.82, 2.24) is 24.8 Å². The first kappa shape index (κ1) is 23.7. The zero-order valence-corrected chi connectivity index (χ0v) is 17.9. The van der Waals surface area contributed by atoms with Crippen molar-refractivity contribution in [3.8, 4) is 5.69 Å². The number of amides is 1. The molecular formula is C19H17ClF3N5O3S. The number of benzene rings is 2. The average Bonchev–Trinajstić information content (AvgIpc) is 3.27. The highest BCUT2D eigenvalue weighted by Gasteiger charge is 2.34. The van der Waals surface area contributed by atoms with Gasteiger partial charge >= 0.3 is 6.18 Å². The van der Waals surface area contributed by atoms with Gasteiger partial charge in [-0.15, -0.1) is 0 Å². The van der Waals surface area contributed by atoms with E-state index in [9.17, 15) is 26.4 Å². The molecule has 0 saturated heterocycles. The zero-order valence-electron chi connectivity index (χ0n) is 16.3. The van der Waals surface area contributed by atoms with Crippen LogP contribution in [0.3, 0.4) is 0 Å². The van der Waals surface area contributed by atoms with Gasteiger partial charge in [0.15, 0.2) is 0 Å². The molecule has 1 amide bonds. The molecule has 1 aromatic heterocycles. The van der Waals surface area contributed by atoms with Crippen molar-refractivity contribution >= 4 is 27.5 Å². The van der Waals surface area contributed by atoms with E-state index in [0.29, 0.717) is 6.07 Å². The van der Waals surface area contributed by atoms with Crippen molar-refractivity contribution in [3.05, 3.63) is 71.3 Å². The number of hydrogen-bond acceptors (Lipinski definition) is 5. The first-order valence-electron chi connectivity index (χ1n) is 9.13. The van der Waals surface area contributed by atoms with E-state index >= 15 is 0 Å². The normalized spacial score (nSPS) is 12.0. The molecule has 0 atom stereocenters. The first-order valence-corrected chi connectivity index (χ1v) is 11.0. The van der Waals surface area contributed by atoms with E-state index in [1.54, 1.807) is 35.3 Å². The third-order valence-electron chi connectivity index (χ3n) is 4.31. The van der Waals surface area contributed by atoms with Crippen LogP contribution in [0.15, 0.2) is 60.0 Å². The van der Waals surface area contributed by atoms with Gasteiger partial charge in [-0.25, -0.2) is 22.8 Å². The lowest BCUT2D eigenvalue weighted by Crippen LogP contribution is -2.30. The summed E-state index contributed by atoms with van der Waals surface area (Å²) in [5.41, 5.74) is 0.348. The van der Waals surface area contributed by atoms with Crippen LogP contribution in [-0.4, -0.2) is 35.6 Å². The number of nitrogens with zero attached hydrogens (tertiary/aromatic N) is 3. The summed E-state index contributed by atoms with van der Waals surface area (Å²) < 4.78 is 67.0. The second-order valence-electron chi connectivity index (χ2n) is 6.57. The summed E-state index contributed by atoms with van der Waals surface area (Å²) >= 11 is 5.50. The standard InChI is InChI=1S/C19H17ClF3N5O3S/c20-17-6-5-15(9-16(17)19(21,22)23)32(30,31)27-8-7-18(29)25-10-13-1-3-14(4-2-13)28-12-24-11-26-28/h1-6,9,11-12,27H,7-8,10H2,(H,25,29). The van der Waals surface area contributed by atoms with E-state index < -0.39 is 37.6 Å². The van der Waals surface area contributed by atoms with Gasteiger partial charge in [0.25, 0.3) is 0 Å². The van der Waals surface area contributed by atoms with Crippen molar-refractivity contribution in [2.75, 3.05) is 6.54 Å². The Balaban J connectivity index is 1.50. The molecule has 0 aliphatic heterocycles. The minimum absolute atomic E-state index is 0.198. The Morgan fingerprint density at radius 1 is 1.12 bits per heavy atom. The lowest BCUT2D eigenvalue weighted by molar-refractivity contribution is -0.137. The summed E-state index contributed by atoms with van der Waals surface area (Å²) in [5.74, 6) is -0.430. The predicted octanol–water partition coefficient (Wildman–Crippen LogP) is 2.92. The number of nitrogens with one attached hydrogen (secondary N) is 2. The van der Waals surface area contributed by atoms with Crippen molar-refractivity contribution in [2.45, 2.75) is 24.0 Å². The van der Waals surface area contributed by atoms with Gasteiger partial charge in [0.2, 0.25) is 15.9 Å². The van der Waals surface area contributed by atoms with Gasteiger partial charge < -0.3 is 5.32 Å². The number of hydrogen-bond donors (Lipinski definition) is 2. The molecule has 3 rings (SSSR count). The fourth-order valence-electron chi connectivity index (χ4n) is 2.67. The third kappa shape index (κ3) is 6.05. The van der Waals surface area contributed by atoms with E-state index in [1.165, 1.54) is 6.33 Å². The van der Waals surface area contributed by atoms with Gasteiger partial charge in [-0.3, -0.25) is 4.79 Å². The molecule has 170 valence electrons. The smallest absolute Gasteiger partial charge is 0.352 e. The van der Waals surface area contributed by atoms with Crippen LogP contribution in [0.1, 0.15) is 17.5 Å². The van der Waals surface area contributed by atoms with Crippen LogP contribution in [0.2, 0.25) is 5.02 Å². The van der Waals surface area contributed by atoms with Gasteiger partial charge in [0, 0.05) is 19.5 Å². The maximum absolute atomic E-state index is 12.9. The second-order valence-corrected chi connectivity index (χ2v) is 8.74. The van der Waals surface area contributed by atoms with E-state index in [1.807, 2.05) is 0 Å². The fourth-order valence-corrected chi connectivity index (χ4v) is 3.95. The highest BCUT2D eigenvalue weighted by molar-refractivity contribution is 7.89. The molecule has 0 fully saturated rings. The molecule has 13 heteroatoms. The van der Waals surface area contributed by atoms with E-state index in [0.717, 1.165) is 23.4 Å². The van der Waals surface area contributed by atoms with Crippen LogP contribution in [-0.2, 0) is 27.5 Å². The highest BCUT2D eigenvalue weighted by Crippen LogP contribution is 2.35. The molecule has 0 bridgehead atoms. The molecular weight excluding hydrogens is 471 g/mol. The van der Waals surface area contributed by atoms with Crippen LogP contribution in [0, 0.1) is 0 Å². The Kier molecular flexibility index (Phi) is 7.16. The average molecular weight is 488 g/mol. The van der Waals surface area contributed by atoms with Crippen LogP contribution >= 0.6 is 11.6 Å². The Bertz CT molecular complexity index is 1180. The molecule has 8 nitrogen and oxygen atoms in total.